The number of nitrogens with zero attached hydrogens (tertiary/aromatic N) is 4. The molecule has 1 aromatic carbocycles. The first kappa shape index (κ1) is 21.0. The van der Waals surface area contributed by atoms with E-state index in [-0.39, 0.29) is 29.3 Å². The molecule has 2 heterocycles. The van der Waals surface area contributed by atoms with Gasteiger partial charge >= 0.3 is 0 Å². The first-order valence-electron chi connectivity index (χ1n) is 9.68. The Morgan fingerprint density at radius 3 is 2.41 bits per heavy atom. The summed E-state index contributed by atoms with van der Waals surface area (Å²) in [5, 5.41) is 0.988. The summed E-state index contributed by atoms with van der Waals surface area (Å²) in [5.41, 5.74) is 1.43. The van der Waals surface area contributed by atoms with Crippen LogP contribution in [0.5, 0.6) is 0 Å². The monoisotopic (exact) mass is 410 g/mol. The molecule has 0 aliphatic rings. The maximum atomic E-state index is 13.2. The molecule has 0 unspecified atom stereocenters. The average molecular weight is 411 g/mol. The molecule has 2 aromatic heterocycles. The Bertz CT molecular complexity index is 1070. The Morgan fingerprint density at radius 1 is 1.10 bits per heavy atom. The van der Waals surface area contributed by atoms with Crippen LogP contribution in [0.1, 0.15) is 33.3 Å². The zero-order valence-corrected chi connectivity index (χ0v) is 18.2. The minimum atomic E-state index is -0.188. The Hall–Kier alpha value is -2.67. The lowest BCUT2D eigenvalue weighted by molar-refractivity contribution is -0.131. The fourth-order valence-corrected chi connectivity index (χ4v) is 4.25. The molecule has 0 aliphatic heterocycles. The van der Waals surface area contributed by atoms with Gasteiger partial charge in [0.05, 0.1) is 16.7 Å². The molecule has 0 spiro atoms. The molecule has 1 amide bonds. The zero-order chi connectivity index (χ0) is 21.1. The topological polar surface area (TPSA) is 68.1 Å². The number of hydrogen-bond acceptors (Lipinski definition) is 5. The number of benzene rings is 1. The minimum absolute atomic E-state index is 0.0193. The molecule has 0 saturated carbocycles. The first-order chi connectivity index (χ1) is 13.8. The quantitative estimate of drug-likeness (QED) is 0.456. The van der Waals surface area contributed by atoms with Crippen LogP contribution in [0.25, 0.3) is 16.7 Å². The molecule has 29 heavy (non-hydrogen) atoms. The molecule has 3 rings (SSSR count). The van der Waals surface area contributed by atoms with Crippen LogP contribution < -0.4 is 5.56 Å². The summed E-state index contributed by atoms with van der Waals surface area (Å²) in [4.78, 5) is 36.9. The Balaban J connectivity index is 2.04. The van der Waals surface area contributed by atoms with Gasteiger partial charge in [-0.05, 0) is 58.4 Å². The Morgan fingerprint density at radius 2 is 1.79 bits per heavy atom. The number of pyridine rings is 1. The van der Waals surface area contributed by atoms with E-state index in [2.05, 4.69) is 9.97 Å². The molecule has 7 heteroatoms. The number of aromatic nitrogens is 3. The fourth-order valence-electron chi connectivity index (χ4n) is 3.38. The van der Waals surface area contributed by atoms with E-state index in [9.17, 15) is 9.59 Å². The lowest BCUT2D eigenvalue weighted by Crippen LogP contribution is -2.43. The second-order valence-corrected chi connectivity index (χ2v) is 8.47. The fraction of sp³-hybridized carbons (Fsp3) is 0.364. The molecule has 0 N–H and O–H groups in total. The zero-order valence-electron chi connectivity index (χ0n) is 17.4. The number of aryl methyl sites for hydroxylation is 1. The van der Waals surface area contributed by atoms with Crippen molar-refractivity contribution in [1.29, 1.82) is 0 Å². The summed E-state index contributed by atoms with van der Waals surface area (Å²) in [5.74, 6) is 0.719. The number of hydrogen-bond donors (Lipinski definition) is 0. The molecule has 6 nitrogen and oxygen atoms in total. The van der Waals surface area contributed by atoms with Crippen LogP contribution in [0.2, 0.25) is 0 Å². The van der Waals surface area contributed by atoms with Gasteiger partial charge in [0.15, 0.2) is 5.16 Å². The molecule has 3 aromatic rings. The van der Waals surface area contributed by atoms with Crippen LogP contribution in [0, 0.1) is 6.92 Å². The van der Waals surface area contributed by atoms with Gasteiger partial charge in [0.2, 0.25) is 5.91 Å². The minimum Gasteiger partial charge on any atom is -0.337 e. The van der Waals surface area contributed by atoms with Crippen LogP contribution in [0.15, 0.2) is 52.5 Å². The van der Waals surface area contributed by atoms with Crippen molar-refractivity contribution in [3.8, 4) is 5.82 Å². The van der Waals surface area contributed by atoms with Crippen LogP contribution in [0.4, 0.5) is 0 Å². The summed E-state index contributed by atoms with van der Waals surface area (Å²) in [6, 6.07) is 11.1. The second-order valence-electron chi connectivity index (χ2n) is 7.52. The SMILES string of the molecule is Cc1ccc(-n2c(SCC(=O)N(C(C)C)C(C)C)nc3ccccc3c2=O)nc1. The van der Waals surface area contributed by atoms with Crippen molar-refractivity contribution in [2.24, 2.45) is 0 Å². The molecular weight excluding hydrogens is 384 g/mol. The van der Waals surface area contributed by atoms with E-state index < -0.39 is 0 Å². The van der Waals surface area contributed by atoms with Gasteiger partial charge in [0.1, 0.15) is 5.82 Å². The summed E-state index contributed by atoms with van der Waals surface area (Å²) >= 11 is 1.27. The highest BCUT2D eigenvalue weighted by Gasteiger charge is 2.22. The number of thioether (sulfide) groups is 1. The summed E-state index contributed by atoms with van der Waals surface area (Å²) in [6.45, 7) is 9.96. The molecule has 0 fully saturated rings. The number of rotatable bonds is 6. The Labute approximate surface area is 175 Å². The molecule has 0 atom stereocenters. The second kappa shape index (κ2) is 8.78. The van der Waals surface area contributed by atoms with Gasteiger partial charge in [-0.1, -0.05) is 30.0 Å². The maximum Gasteiger partial charge on any atom is 0.267 e. The molecule has 0 radical (unpaired) electrons. The predicted octanol–water partition coefficient (Wildman–Crippen LogP) is 3.83. The molecule has 0 bridgehead atoms. The van der Waals surface area contributed by atoms with Crippen molar-refractivity contribution < 1.29 is 4.79 Å². The molecule has 0 saturated heterocycles. The summed E-state index contributed by atoms with van der Waals surface area (Å²) < 4.78 is 1.49. The highest BCUT2D eigenvalue weighted by molar-refractivity contribution is 7.99. The van der Waals surface area contributed by atoms with Crippen molar-refractivity contribution in [3.63, 3.8) is 0 Å². The first-order valence-corrected chi connectivity index (χ1v) is 10.7. The smallest absolute Gasteiger partial charge is 0.267 e. The maximum absolute atomic E-state index is 13.2. The molecular formula is C22H26N4O2S. The van der Waals surface area contributed by atoms with E-state index in [0.29, 0.717) is 21.9 Å². The molecule has 152 valence electrons. The number of carbonyl (C=O) groups is 1. The van der Waals surface area contributed by atoms with Crippen LogP contribution in [0.3, 0.4) is 0 Å². The standard InChI is InChI=1S/C22H26N4O2S/c1-14(2)25(15(3)4)20(27)13-29-22-24-18-9-7-6-8-17(18)21(28)26(22)19-11-10-16(5)12-23-19/h6-12,14-15H,13H2,1-5H3. The largest absolute Gasteiger partial charge is 0.337 e. The van der Waals surface area contributed by atoms with Crippen molar-refractivity contribution >= 4 is 28.6 Å². The van der Waals surface area contributed by atoms with E-state index in [1.165, 1.54) is 16.3 Å². The highest BCUT2D eigenvalue weighted by atomic mass is 32.2. The van der Waals surface area contributed by atoms with Crippen LogP contribution >= 0.6 is 11.8 Å². The van der Waals surface area contributed by atoms with Gasteiger partial charge in [-0.2, -0.15) is 0 Å². The highest BCUT2D eigenvalue weighted by Crippen LogP contribution is 2.22. The lowest BCUT2D eigenvalue weighted by Gasteiger charge is -2.30. The van der Waals surface area contributed by atoms with Gasteiger partial charge in [-0.3, -0.25) is 9.59 Å². The van der Waals surface area contributed by atoms with Crippen molar-refractivity contribution in [2.75, 3.05) is 5.75 Å². The van der Waals surface area contributed by atoms with Gasteiger partial charge in [0, 0.05) is 18.3 Å². The van der Waals surface area contributed by atoms with Crippen molar-refractivity contribution in [2.45, 2.75) is 51.9 Å². The number of para-hydroxylation sites is 1. The summed E-state index contributed by atoms with van der Waals surface area (Å²) in [7, 11) is 0. The number of amides is 1. The van der Waals surface area contributed by atoms with Crippen molar-refractivity contribution in [1.82, 2.24) is 19.4 Å². The van der Waals surface area contributed by atoms with Crippen LogP contribution in [-0.2, 0) is 4.79 Å². The third-order valence-corrected chi connectivity index (χ3v) is 5.52. The summed E-state index contributed by atoms with van der Waals surface area (Å²) in [6.07, 6.45) is 1.72. The van der Waals surface area contributed by atoms with E-state index in [4.69, 9.17) is 0 Å². The van der Waals surface area contributed by atoms with Gasteiger partial charge < -0.3 is 4.90 Å². The number of fused-ring (bicyclic) bond motifs is 1. The van der Waals surface area contributed by atoms with E-state index >= 15 is 0 Å². The van der Waals surface area contributed by atoms with Gasteiger partial charge in [-0.25, -0.2) is 14.5 Å². The molecule has 0 aliphatic carbocycles. The normalized spacial score (nSPS) is 11.4. The Kier molecular flexibility index (Phi) is 6.37. The lowest BCUT2D eigenvalue weighted by atomic mass is 10.2. The van der Waals surface area contributed by atoms with Gasteiger partial charge in [-0.15, -0.1) is 0 Å². The van der Waals surface area contributed by atoms with E-state index in [1.807, 2.05) is 63.8 Å². The third-order valence-electron chi connectivity index (χ3n) is 4.60. The third kappa shape index (κ3) is 4.50. The van der Waals surface area contributed by atoms with E-state index in [0.717, 1.165) is 5.56 Å². The van der Waals surface area contributed by atoms with Crippen LogP contribution in [-0.4, -0.2) is 43.2 Å². The number of carbonyl (C=O) groups excluding carboxylic acids is 1. The predicted molar refractivity (Wildman–Crippen MR) is 118 cm³/mol. The van der Waals surface area contributed by atoms with E-state index in [1.54, 1.807) is 18.3 Å². The average Bonchev–Trinajstić information content (AvgIpc) is 2.67. The van der Waals surface area contributed by atoms with Crippen molar-refractivity contribution in [3.05, 3.63) is 58.5 Å². The van der Waals surface area contributed by atoms with Gasteiger partial charge in [0.25, 0.3) is 5.56 Å².